The first-order chi connectivity index (χ1) is 11.0. The Morgan fingerprint density at radius 3 is 2.74 bits per heavy atom. The van der Waals surface area contributed by atoms with Crippen molar-refractivity contribution in [3.8, 4) is 0 Å². The van der Waals surface area contributed by atoms with E-state index >= 15 is 0 Å². The Balaban J connectivity index is 1.76. The lowest BCUT2D eigenvalue weighted by Crippen LogP contribution is -2.69. The molecule has 0 aromatic carbocycles. The molecule has 0 amide bonds. The van der Waals surface area contributed by atoms with Gasteiger partial charge in [-0.25, -0.2) is 9.78 Å². The summed E-state index contributed by atoms with van der Waals surface area (Å²) in [6.45, 7) is 9.46. The van der Waals surface area contributed by atoms with Crippen molar-refractivity contribution < 1.29 is 19.2 Å². The van der Waals surface area contributed by atoms with Gasteiger partial charge in [-0.2, -0.15) is 0 Å². The van der Waals surface area contributed by atoms with E-state index in [1.807, 2.05) is 6.92 Å². The predicted octanol–water partition coefficient (Wildman–Crippen LogP) is 3.68. The van der Waals surface area contributed by atoms with E-state index in [0.29, 0.717) is 17.8 Å². The van der Waals surface area contributed by atoms with Crippen molar-refractivity contribution in [2.24, 2.45) is 28.7 Å². The molecule has 0 aromatic rings. The molecule has 4 heterocycles. The smallest absolute Gasteiger partial charge is 0.237 e. The molecule has 5 fully saturated rings. The zero-order valence-electron chi connectivity index (χ0n) is 14.7. The molecule has 7 unspecified atom stereocenters. The van der Waals surface area contributed by atoms with Gasteiger partial charge in [-0.05, 0) is 38.5 Å². The van der Waals surface area contributed by atoms with Crippen molar-refractivity contribution in [1.82, 2.24) is 0 Å². The van der Waals surface area contributed by atoms with Gasteiger partial charge in [0.2, 0.25) is 12.1 Å². The van der Waals surface area contributed by atoms with Gasteiger partial charge < -0.3 is 9.47 Å². The number of hydrogen-bond acceptors (Lipinski definition) is 5. The van der Waals surface area contributed by atoms with Crippen LogP contribution < -0.4 is 0 Å². The molecule has 5 rings (SSSR count). The van der Waals surface area contributed by atoms with Gasteiger partial charge in [-0.1, -0.05) is 20.8 Å². The molecule has 1 saturated carbocycles. The first kappa shape index (κ1) is 15.9. The second kappa shape index (κ2) is 5.43. The zero-order valence-corrected chi connectivity index (χ0v) is 14.7. The molecule has 23 heavy (non-hydrogen) atoms. The van der Waals surface area contributed by atoms with E-state index < -0.39 is 17.7 Å². The minimum absolute atomic E-state index is 0.252. The van der Waals surface area contributed by atoms with E-state index in [-0.39, 0.29) is 5.92 Å². The average Bonchev–Trinajstić information content (AvgIpc) is 2.76. The molecule has 0 N–H and O–H groups in total. The van der Waals surface area contributed by atoms with Crippen LogP contribution in [0.2, 0.25) is 0 Å². The molecule has 5 heteroatoms. The second-order valence-corrected chi connectivity index (χ2v) is 8.04. The molecule has 0 radical (unpaired) electrons. The molecule has 7 atom stereocenters. The molecular formula is C18H29NO4. The summed E-state index contributed by atoms with van der Waals surface area (Å²) in [6.07, 6.45) is 4.91. The van der Waals surface area contributed by atoms with Gasteiger partial charge in [0.05, 0.1) is 0 Å². The number of ether oxygens (including phenoxy) is 2. The van der Waals surface area contributed by atoms with Crippen LogP contribution >= 0.6 is 0 Å². The van der Waals surface area contributed by atoms with Crippen LogP contribution in [-0.4, -0.2) is 30.1 Å². The fourth-order valence-corrected chi connectivity index (χ4v) is 5.18. The van der Waals surface area contributed by atoms with Crippen molar-refractivity contribution in [3.63, 3.8) is 0 Å². The van der Waals surface area contributed by atoms with E-state index in [9.17, 15) is 0 Å². The monoisotopic (exact) mass is 323 g/mol. The Morgan fingerprint density at radius 1 is 1.13 bits per heavy atom. The van der Waals surface area contributed by atoms with Crippen LogP contribution in [0.3, 0.4) is 0 Å². The Hall–Kier alpha value is -0.650. The fourth-order valence-electron chi connectivity index (χ4n) is 5.18. The SMILES string of the molecule is CCCN=C1OC2OC3(C)CCC4C(C)CCC(C1C)C24OO3. The van der Waals surface area contributed by atoms with Crippen LogP contribution in [0.25, 0.3) is 0 Å². The van der Waals surface area contributed by atoms with Gasteiger partial charge in [0.25, 0.3) is 0 Å². The van der Waals surface area contributed by atoms with Gasteiger partial charge >= 0.3 is 0 Å². The third-order valence-corrected chi connectivity index (χ3v) is 6.49. The number of fused-ring (bicyclic) bond motifs is 2. The Kier molecular flexibility index (Phi) is 3.74. The number of rotatable bonds is 2. The first-order valence-corrected chi connectivity index (χ1v) is 9.26. The van der Waals surface area contributed by atoms with E-state index in [1.165, 1.54) is 6.42 Å². The third kappa shape index (κ3) is 2.19. The molecule has 2 bridgehead atoms. The normalized spacial score (nSPS) is 53.6. The summed E-state index contributed by atoms with van der Waals surface area (Å²) in [5.74, 6) is 1.77. The Bertz CT molecular complexity index is 509. The number of aliphatic imine (C=N–C) groups is 1. The largest absolute Gasteiger partial charge is 0.448 e. The van der Waals surface area contributed by atoms with Crippen molar-refractivity contribution in [2.45, 2.75) is 77.5 Å². The highest BCUT2D eigenvalue weighted by molar-refractivity contribution is 5.80. The lowest BCUT2D eigenvalue weighted by atomic mass is 9.58. The molecule has 5 aliphatic rings. The number of hydrogen-bond donors (Lipinski definition) is 0. The maximum absolute atomic E-state index is 6.29. The standard InChI is InChI=1S/C18H29NO4/c1-5-10-19-15-12(3)14-7-6-11(2)13-8-9-17(4)21-16(20-15)18(13,14)23-22-17/h11-14,16H,5-10H2,1-4H3. The van der Waals surface area contributed by atoms with Crippen molar-refractivity contribution >= 4 is 5.90 Å². The van der Waals surface area contributed by atoms with Crippen LogP contribution in [0.5, 0.6) is 0 Å². The maximum Gasteiger partial charge on any atom is 0.237 e. The molecule has 130 valence electrons. The molecule has 4 aliphatic heterocycles. The highest BCUT2D eigenvalue weighted by atomic mass is 17.3. The van der Waals surface area contributed by atoms with Gasteiger partial charge in [-0.3, -0.25) is 4.99 Å². The minimum atomic E-state index is -0.700. The quantitative estimate of drug-likeness (QED) is 0.727. The fraction of sp³-hybridized carbons (Fsp3) is 0.944. The van der Waals surface area contributed by atoms with Gasteiger partial charge in [-0.15, -0.1) is 0 Å². The maximum atomic E-state index is 6.29. The Morgan fingerprint density at radius 2 is 1.96 bits per heavy atom. The van der Waals surface area contributed by atoms with Crippen molar-refractivity contribution in [1.29, 1.82) is 0 Å². The van der Waals surface area contributed by atoms with Crippen molar-refractivity contribution in [2.75, 3.05) is 6.54 Å². The van der Waals surface area contributed by atoms with Gasteiger partial charge in [0.15, 0.2) is 11.5 Å². The summed E-state index contributed by atoms with van der Waals surface area (Å²) in [5, 5.41) is 0. The summed E-state index contributed by atoms with van der Waals surface area (Å²) in [7, 11) is 0. The number of nitrogens with zero attached hydrogens (tertiary/aromatic N) is 1. The summed E-state index contributed by atoms with van der Waals surface area (Å²) in [5.41, 5.74) is -0.474. The molecular weight excluding hydrogens is 294 g/mol. The zero-order chi connectivity index (χ0) is 16.2. The van der Waals surface area contributed by atoms with Gasteiger partial charge in [0, 0.05) is 30.7 Å². The van der Waals surface area contributed by atoms with E-state index in [0.717, 1.165) is 38.1 Å². The lowest BCUT2D eigenvalue weighted by Gasteiger charge is -2.58. The molecule has 5 nitrogen and oxygen atoms in total. The molecule has 4 saturated heterocycles. The molecule has 1 spiro atoms. The predicted molar refractivity (Wildman–Crippen MR) is 85.6 cm³/mol. The van der Waals surface area contributed by atoms with E-state index in [2.05, 4.69) is 20.8 Å². The van der Waals surface area contributed by atoms with Crippen LogP contribution in [0.4, 0.5) is 0 Å². The van der Waals surface area contributed by atoms with Crippen LogP contribution in [0.15, 0.2) is 4.99 Å². The van der Waals surface area contributed by atoms with Crippen molar-refractivity contribution in [3.05, 3.63) is 0 Å². The summed E-state index contributed by atoms with van der Waals surface area (Å²) < 4.78 is 12.6. The molecule has 1 aliphatic carbocycles. The highest BCUT2D eigenvalue weighted by Crippen LogP contribution is 2.59. The van der Waals surface area contributed by atoms with Crippen LogP contribution in [0, 0.1) is 23.7 Å². The Labute approximate surface area is 138 Å². The summed E-state index contributed by atoms with van der Waals surface area (Å²) >= 11 is 0. The minimum Gasteiger partial charge on any atom is -0.448 e. The topological polar surface area (TPSA) is 49.3 Å². The van der Waals surface area contributed by atoms with E-state index in [4.69, 9.17) is 24.2 Å². The van der Waals surface area contributed by atoms with E-state index in [1.54, 1.807) is 0 Å². The highest BCUT2D eigenvalue weighted by Gasteiger charge is 2.69. The summed E-state index contributed by atoms with van der Waals surface area (Å²) in [6, 6.07) is 0. The van der Waals surface area contributed by atoms with Crippen LogP contribution in [0.1, 0.15) is 59.8 Å². The average molecular weight is 323 g/mol. The first-order valence-electron chi connectivity index (χ1n) is 9.26. The van der Waals surface area contributed by atoms with Crippen LogP contribution in [-0.2, 0) is 19.2 Å². The van der Waals surface area contributed by atoms with Gasteiger partial charge in [0.1, 0.15) is 0 Å². The second-order valence-electron chi connectivity index (χ2n) is 8.04. The lowest BCUT2D eigenvalue weighted by molar-refractivity contribution is -0.557. The molecule has 0 aromatic heterocycles. The summed E-state index contributed by atoms with van der Waals surface area (Å²) in [4.78, 5) is 16.6. The third-order valence-electron chi connectivity index (χ3n) is 6.49.